The number of hydrogen-bond donors (Lipinski definition) is 1. The minimum Gasteiger partial charge on any atom is -0.374 e. The minimum atomic E-state index is -2.40. The van der Waals surface area contributed by atoms with Gasteiger partial charge in [-0.1, -0.05) is 0 Å². The summed E-state index contributed by atoms with van der Waals surface area (Å²) in [7, 11) is 0. The largest absolute Gasteiger partial charge is 0.374 e. The van der Waals surface area contributed by atoms with E-state index in [2.05, 4.69) is 4.98 Å². The molecule has 13 heavy (non-hydrogen) atoms. The lowest BCUT2D eigenvalue weighted by Gasteiger charge is -2.03. The van der Waals surface area contributed by atoms with Crippen LogP contribution in [0.25, 0.3) is 0 Å². The highest BCUT2D eigenvalue weighted by molar-refractivity contribution is 7.71. The Morgan fingerprint density at radius 1 is 1.62 bits per heavy atom. The first-order valence-corrected chi connectivity index (χ1v) is 4.20. The lowest BCUT2D eigenvalue weighted by molar-refractivity contribution is 0.0147. The fourth-order valence-corrected chi connectivity index (χ4v) is 1.08. The lowest BCUT2D eigenvalue weighted by Crippen LogP contribution is -2.10. The van der Waals surface area contributed by atoms with Crippen molar-refractivity contribution in [2.75, 3.05) is 13.2 Å². The maximum atomic E-state index is 11.6. The lowest BCUT2D eigenvalue weighted by atomic mass is 10.6. The number of halogens is 2. The normalized spacial score (nSPS) is 11.0. The number of ether oxygens (including phenoxy) is 1. The van der Waals surface area contributed by atoms with Crippen LogP contribution in [0.3, 0.4) is 0 Å². The zero-order valence-electron chi connectivity index (χ0n) is 6.87. The van der Waals surface area contributed by atoms with Crippen LogP contribution in [-0.4, -0.2) is 29.2 Å². The number of aromatic amines is 1. The summed E-state index contributed by atoms with van der Waals surface area (Å²) < 4.78 is 30.2. The van der Waals surface area contributed by atoms with Gasteiger partial charge >= 0.3 is 0 Å². The number of aromatic nitrogens is 2. The summed E-state index contributed by atoms with van der Waals surface area (Å²) in [6, 6.07) is 0. The maximum absolute atomic E-state index is 11.6. The van der Waals surface area contributed by atoms with Gasteiger partial charge in [-0.15, -0.1) is 0 Å². The first kappa shape index (κ1) is 10.3. The first-order chi connectivity index (χ1) is 6.20. The van der Waals surface area contributed by atoms with E-state index in [1.807, 2.05) is 0 Å². The van der Waals surface area contributed by atoms with E-state index in [4.69, 9.17) is 17.0 Å². The second kappa shape index (κ2) is 5.08. The Morgan fingerprint density at radius 3 is 2.92 bits per heavy atom. The highest BCUT2D eigenvalue weighted by Crippen LogP contribution is 1.94. The Hall–Kier alpha value is -0.750. The fourth-order valence-electron chi connectivity index (χ4n) is 0.861. The van der Waals surface area contributed by atoms with Crippen LogP contribution in [0.15, 0.2) is 12.4 Å². The van der Waals surface area contributed by atoms with Gasteiger partial charge in [-0.05, 0) is 12.2 Å². The quantitative estimate of drug-likeness (QED) is 0.591. The summed E-state index contributed by atoms with van der Waals surface area (Å²) in [5.74, 6) is 0. The molecule has 0 aliphatic heterocycles. The van der Waals surface area contributed by atoms with E-state index < -0.39 is 13.0 Å². The number of imidazole rings is 1. The fraction of sp³-hybridized carbons (Fsp3) is 0.571. The molecule has 1 rings (SSSR count). The molecule has 0 saturated heterocycles. The van der Waals surface area contributed by atoms with Gasteiger partial charge in [-0.3, -0.25) is 0 Å². The van der Waals surface area contributed by atoms with E-state index in [0.717, 1.165) is 0 Å². The molecule has 0 fully saturated rings. The molecule has 0 atom stereocenters. The van der Waals surface area contributed by atoms with Crippen LogP contribution in [0.1, 0.15) is 0 Å². The van der Waals surface area contributed by atoms with E-state index in [9.17, 15) is 8.78 Å². The predicted octanol–water partition coefficient (Wildman–Crippen LogP) is 1.83. The predicted molar refractivity (Wildman–Crippen MR) is 46.4 cm³/mol. The van der Waals surface area contributed by atoms with E-state index in [1.54, 1.807) is 17.0 Å². The summed E-state index contributed by atoms with van der Waals surface area (Å²) in [6.07, 6.45) is 1.03. The SMILES string of the molecule is FC(F)COCCn1cc[nH]c1=S. The molecule has 0 amide bonds. The molecule has 1 aromatic rings. The van der Waals surface area contributed by atoms with E-state index >= 15 is 0 Å². The minimum absolute atomic E-state index is 0.247. The van der Waals surface area contributed by atoms with Gasteiger partial charge in [-0.25, -0.2) is 8.78 Å². The monoisotopic (exact) mass is 208 g/mol. The topological polar surface area (TPSA) is 29.9 Å². The van der Waals surface area contributed by atoms with Gasteiger partial charge < -0.3 is 14.3 Å². The number of H-pyrrole nitrogens is 1. The Balaban J connectivity index is 2.21. The van der Waals surface area contributed by atoms with Gasteiger partial charge in [0.15, 0.2) is 4.77 Å². The van der Waals surface area contributed by atoms with Crippen molar-refractivity contribution in [3.05, 3.63) is 17.2 Å². The molecule has 6 heteroatoms. The van der Waals surface area contributed by atoms with Crippen molar-refractivity contribution in [1.29, 1.82) is 0 Å². The van der Waals surface area contributed by atoms with Gasteiger partial charge in [0.25, 0.3) is 6.43 Å². The van der Waals surface area contributed by atoms with Crippen molar-refractivity contribution in [3.8, 4) is 0 Å². The maximum Gasteiger partial charge on any atom is 0.261 e. The van der Waals surface area contributed by atoms with Gasteiger partial charge in [0.05, 0.1) is 6.61 Å². The highest BCUT2D eigenvalue weighted by Gasteiger charge is 2.01. The molecule has 0 radical (unpaired) electrons. The molecule has 0 aliphatic rings. The zero-order chi connectivity index (χ0) is 9.68. The molecule has 0 aromatic carbocycles. The average molecular weight is 208 g/mol. The molecule has 0 saturated carbocycles. The molecule has 0 bridgehead atoms. The molecule has 1 N–H and O–H groups in total. The van der Waals surface area contributed by atoms with E-state index in [-0.39, 0.29) is 6.61 Å². The van der Waals surface area contributed by atoms with Crippen molar-refractivity contribution in [1.82, 2.24) is 9.55 Å². The molecular formula is C7H10F2N2OS. The Morgan fingerprint density at radius 2 is 2.38 bits per heavy atom. The van der Waals surface area contributed by atoms with Crippen molar-refractivity contribution >= 4 is 12.2 Å². The first-order valence-electron chi connectivity index (χ1n) is 3.80. The summed E-state index contributed by atoms with van der Waals surface area (Å²) in [5.41, 5.74) is 0. The molecule has 1 aromatic heterocycles. The van der Waals surface area contributed by atoms with Crippen molar-refractivity contribution < 1.29 is 13.5 Å². The summed E-state index contributed by atoms with van der Waals surface area (Å²) in [6.45, 7) is 0.225. The molecule has 0 unspecified atom stereocenters. The van der Waals surface area contributed by atoms with Crippen LogP contribution in [0.4, 0.5) is 8.78 Å². The van der Waals surface area contributed by atoms with Gasteiger partial charge in [0.2, 0.25) is 0 Å². The molecule has 3 nitrogen and oxygen atoms in total. The van der Waals surface area contributed by atoms with Crippen LogP contribution >= 0.6 is 12.2 Å². The summed E-state index contributed by atoms with van der Waals surface area (Å²) >= 11 is 4.89. The number of rotatable bonds is 5. The van der Waals surface area contributed by atoms with Crippen LogP contribution in [-0.2, 0) is 11.3 Å². The highest BCUT2D eigenvalue weighted by atomic mass is 32.1. The molecular weight excluding hydrogens is 198 g/mol. The Bertz CT molecular complexity index is 297. The Labute approximate surface area is 79.3 Å². The second-order valence-electron chi connectivity index (χ2n) is 2.42. The Kier molecular flexibility index (Phi) is 4.04. The van der Waals surface area contributed by atoms with Crippen molar-refractivity contribution in [3.63, 3.8) is 0 Å². The third-order valence-corrected chi connectivity index (χ3v) is 1.79. The van der Waals surface area contributed by atoms with Gasteiger partial charge in [-0.2, -0.15) is 0 Å². The number of alkyl halides is 2. The molecule has 0 aliphatic carbocycles. The third kappa shape index (κ3) is 3.65. The standard InChI is InChI=1S/C7H10F2N2OS/c8-6(9)5-12-4-3-11-2-1-10-7(11)13/h1-2,6H,3-5H2,(H,10,13). The van der Waals surface area contributed by atoms with Crippen LogP contribution in [0, 0.1) is 4.77 Å². The van der Waals surface area contributed by atoms with E-state index in [0.29, 0.717) is 11.3 Å². The summed E-state index contributed by atoms with van der Waals surface area (Å²) in [4.78, 5) is 2.79. The van der Waals surface area contributed by atoms with Crippen LogP contribution in [0.2, 0.25) is 0 Å². The number of nitrogens with zero attached hydrogens (tertiary/aromatic N) is 1. The number of hydrogen-bond acceptors (Lipinski definition) is 2. The van der Waals surface area contributed by atoms with Crippen LogP contribution in [0.5, 0.6) is 0 Å². The van der Waals surface area contributed by atoms with Gasteiger partial charge in [0.1, 0.15) is 6.61 Å². The molecule has 74 valence electrons. The van der Waals surface area contributed by atoms with Crippen LogP contribution < -0.4 is 0 Å². The van der Waals surface area contributed by atoms with Crippen molar-refractivity contribution in [2.45, 2.75) is 13.0 Å². The zero-order valence-corrected chi connectivity index (χ0v) is 7.69. The average Bonchev–Trinajstić information content (AvgIpc) is 2.45. The number of nitrogens with one attached hydrogen (secondary N) is 1. The molecule has 1 heterocycles. The van der Waals surface area contributed by atoms with Crippen molar-refractivity contribution in [2.24, 2.45) is 0 Å². The summed E-state index contributed by atoms with van der Waals surface area (Å²) in [5, 5.41) is 0. The molecule has 0 spiro atoms. The smallest absolute Gasteiger partial charge is 0.261 e. The van der Waals surface area contributed by atoms with E-state index in [1.165, 1.54) is 0 Å². The second-order valence-corrected chi connectivity index (χ2v) is 2.81. The van der Waals surface area contributed by atoms with Gasteiger partial charge in [0, 0.05) is 18.9 Å². The third-order valence-electron chi connectivity index (χ3n) is 1.44.